The highest BCUT2D eigenvalue weighted by Gasteiger charge is 2.10. The molecule has 0 atom stereocenters. The highest BCUT2D eigenvalue weighted by Crippen LogP contribution is 2.24. The summed E-state index contributed by atoms with van der Waals surface area (Å²) in [5.74, 6) is 0.754. The third kappa shape index (κ3) is 1.85. The number of benzene rings is 1. The Kier molecular flexibility index (Phi) is 2.72. The maximum absolute atomic E-state index is 6.21. The summed E-state index contributed by atoms with van der Waals surface area (Å²) in [4.78, 5) is 3.13. The third-order valence-corrected chi connectivity index (χ3v) is 3.36. The van der Waals surface area contributed by atoms with Gasteiger partial charge in [-0.3, -0.25) is 0 Å². The van der Waals surface area contributed by atoms with Crippen molar-refractivity contribution in [1.29, 1.82) is 0 Å². The zero-order chi connectivity index (χ0) is 12.7. The van der Waals surface area contributed by atoms with Gasteiger partial charge in [0.25, 0.3) is 0 Å². The summed E-state index contributed by atoms with van der Waals surface area (Å²) in [6.45, 7) is 2.40. The molecule has 3 rings (SSSR count). The summed E-state index contributed by atoms with van der Waals surface area (Å²) in [5.41, 5.74) is 2.66. The van der Waals surface area contributed by atoms with E-state index in [0.717, 1.165) is 22.5 Å². The number of aromatic amines is 1. The molecule has 0 amide bonds. The zero-order valence-corrected chi connectivity index (χ0v) is 11.2. The summed E-state index contributed by atoms with van der Waals surface area (Å²) in [7, 11) is 0. The lowest BCUT2D eigenvalue weighted by Gasteiger charge is -2.02. The van der Waals surface area contributed by atoms with E-state index in [2.05, 4.69) is 10.1 Å². The van der Waals surface area contributed by atoms with E-state index >= 15 is 0 Å². The molecule has 0 fully saturated rings. The Hall–Kier alpha value is -1.59. The van der Waals surface area contributed by atoms with Crippen molar-refractivity contribution in [2.24, 2.45) is 0 Å². The van der Waals surface area contributed by atoms with Crippen LogP contribution in [-0.2, 0) is 6.54 Å². The number of hydrogen-bond donors (Lipinski definition) is 1. The van der Waals surface area contributed by atoms with E-state index in [-0.39, 0.29) is 0 Å². The number of nitrogens with zero attached hydrogens (tertiary/aromatic N) is 2. The molecule has 4 nitrogen and oxygen atoms in total. The molecule has 6 heteroatoms. The molecule has 0 saturated carbocycles. The average molecular weight is 280 g/mol. The molecular weight excluding hydrogens is 270 g/mol. The fourth-order valence-corrected chi connectivity index (χ4v) is 2.51. The first kappa shape index (κ1) is 11.5. The van der Waals surface area contributed by atoms with Gasteiger partial charge >= 0.3 is 0 Å². The molecule has 0 aliphatic carbocycles. The summed E-state index contributed by atoms with van der Waals surface area (Å²) in [6.07, 6.45) is 0. The molecule has 1 N–H and O–H groups in total. The van der Waals surface area contributed by atoms with Crippen LogP contribution in [0.1, 0.15) is 11.5 Å². The van der Waals surface area contributed by atoms with Crippen molar-refractivity contribution in [3.8, 4) is 0 Å². The lowest BCUT2D eigenvalue weighted by molar-refractivity contribution is 0.373. The van der Waals surface area contributed by atoms with Crippen molar-refractivity contribution >= 4 is 34.9 Å². The Morgan fingerprint density at radius 2 is 2.33 bits per heavy atom. The van der Waals surface area contributed by atoms with Crippen molar-refractivity contribution in [1.82, 2.24) is 14.7 Å². The van der Waals surface area contributed by atoms with E-state index in [1.54, 1.807) is 0 Å². The van der Waals surface area contributed by atoms with Crippen molar-refractivity contribution in [2.45, 2.75) is 13.5 Å². The number of imidazole rings is 1. The molecule has 0 spiro atoms. The lowest BCUT2D eigenvalue weighted by atomic mass is 10.3. The molecule has 0 unspecified atom stereocenters. The molecule has 3 aromatic rings. The molecular formula is C12H10ClN3OS. The lowest BCUT2D eigenvalue weighted by Crippen LogP contribution is -1.98. The summed E-state index contributed by atoms with van der Waals surface area (Å²) >= 11 is 11.5. The second-order valence-electron chi connectivity index (χ2n) is 4.09. The van der Waals surface area contributed by atoms with E-state index in [9.17, 15) is 0 Å². The maximum atomic E-state index is 6.21. The van der Waals surface area contributed by atoms with Crippen LogP contribution in [0.25, 0.3) is 11.0 Å². The van der Waals surface area contributed by atoms with E-state index < -0.39 is 0 Å². The topological polar surface area (TPSA) is 46.8 Å². The Morgan fingerprint density at radius 3 is 3.06 bits per heavy atom. The number of nitrogens with one attached hydrogen (secondary N) is 1. The van der Waals surface area contributed by atoms with Crippen LogP contribution in [-0.4, -0.2) is 14.7 Å². The number of aryl methyl sites for hydroxylation is 1. The zero-order valence-electron chi connectivity index (χ0n) is 9.61. The third-order valence-electron chi connectivity index (χ3n) is 2.73. The second kappa shape index (κ2) is 4.26. The fraction of sp³-hybridized carbons (Fsp3) is 0.167. The monoisotopic (exact) mass is 279 g/mol. The number of halogens is 1. The summed E-state index contributed by atoms with van der Waals surface area (Å²) in [6, 6.07) is 7.56. The first-order chi connectivity index (χ1) is 8.65. The number of aromatic nitrogens is 3. The Balaban J connectivity index is 2.16. The van der Waals surface area contributed by atoms with Crippen LogP contribution in [0, 0.1) is 11.7 Å². The molecule has 2 aromatic heterocycles. The minimum absolute atomic E-state index is 0.517. The van der Waals surface area contributed by atoms with Crippen molar-refractivity contribution in [3.05, 3.63) is 45.5 Å². The minimum atomic E-state index is 0.517. The van der Waals surface area contributed by atoms with Gasteiger partial charge in [0.15, 0.2) is 10.5 Å². The van der Waals surface area contributed by atoms with Gasteiger partial charge in [0.05, 0.1) is 28.3 Å². The fourth-order valence-electron chi connectivity index (χ4n) is 1.97. The predicted molar refractivity (Wildman–Crippen MR) is 72.5 cm³/mol. The standard InChI is InChI=1S/C12H10ClN3OS/c1-7-5-8(17-15-7)6-16-11-9(13)3-2-4-10(11)14-12(16)18/h2-5H,6H2,1H3,(H,14,18). The number of hydrogen-bond acceptors (Lipinski definition) is 3. The van der Waals surface area contributed by atoms with Crippen LogP contribution in [0.5, 0.6) is 0 Å². The van der Waals surface area contributed by atoms with Gasteiger partial charge in [0.2, 0.25) is 0 Å². The molecule has 0 aliphatic heterocycles. The van der Waals surface area contributed by atoms with E-state index in [0.29, 0.717) is 16.3 Å². The smallest absolute Gasteiger partial charge is 0.178 e. The van der Waals surface area contributed by atoms with Gasteiger partial charge in [0, 0.05) is 6.07 Å². The SMILES string of the molecule is Cc1cc(Cn2c(=S)[nH]c3cccc(Cl)c32)on1. The van der Waals surface area contributed by atoms with Gasteiger partial charge in [-0.2, -0.15) is 0 Å². The molecule has 18 heavy (non-hydrogen) atoms. The Labute approximate surface area is 113 Å². The van der Waals surface area contributed by atoms with Gasteiger partial charge < -0.3 is 14.1 Å². The van der Waals surface area contributed by atoms with Gasteiger partial charge in [-0.1, -0.05) is 22.8 Å². The van der Waals surface area contributed by atoms with Crippen molar-refractivity contribution < 1.29 is 4.52 Å². The van der Waals surface area contributed by atoms with Crippen molar-refractivity contribution in [3.63, 3.8) is 0 Å². The van der Waals surface area contributed by atoms with E-state index in [1.165, 1.54) is 0 Å². The highest BCUT2D eigenvalue weighted by atomic mass is 35.5. The second-order valence-corrected chi connectivity index (χ2v) is 4.88. The normalized spacial score (nSPS) is 11.2. The molecule has 0 aliphatic rings. The minimum Gasteiger partial charge on any atom is -0.359 e. The van der Waals surface area contributed by atoms with Crippen LogP contribution in [0.15, 0.2) is 28.8 Å². The van der Waals surface area contributed by atoms with Gasteiger partial charge in [-0.25, -0.2) is 0 Å². The van der Waals surface area contributed by atoms with Crippen LogP contribution in [0.3, 0.4) is 0 Å². The van der Waals surface area contributed by atoms with E-state index in [4.69, 9.17) is 28.3 Å². The number of H-pyrrole nitrogens is 1. The van der Waals surface area contributed by atoms with Gasteiger partial charge in [-0.05, 0) is 31.3 Å². The highest BCUT2D eigenvalue weighted by molar-refractivity contribution is 7.71. The molecule has 0 saturated heterocycles. The molecule has 0 bridgehead atoms. The van der Waals surface area contributed by atoms with Crippen LogP contribution >= 0.6 is 23.8 Å². The maximum Gasteiger partial charge on any atom is 0.178 e. The van der Waals surface area contributed by atoms with Crippen molar-refractivity contribution in [2.75, 3.05) is 0 Å². The first-order valence-corrected chi connectivity index (χ1v) is 6.23. The summed E-state index contributed by atoms with van der Waals surface area (Å²) in [5, 5.41) is 4.53. The van der Waals surface area contributed by atoms with Crippen LogP contribution in [0.4, 0.5) is 0 Å². The van der Waals surface area contributed by atoms with E-state index in [1.807, 2.05) is 35.8 Å². The van der Waals surface area contributed by atoms with Gasteiger partial charge in [0.1, 0.15) is 0 Å². The Morgan fingerprint density at radius 1 is 1.50 bits per heavy atom. The number of fused-ring (bicyclic) bond motifs is 1. The predicted octanol–water partition coefficient (Wildman–Crippen LogP) is 3.70. The van der Waals surface area contributed by atoms with Crippen LogP contribution in [0.2, 0.25) is 5.02 Å². The van der Waals surface area contributed by atoms with Crippen LogP contribution < -0.4 is 0 Å². The quantitative estimate of drug-likeness (QED) is 0.728. The first-order valence-electron chi connectivity index (χ1n) is 5.44. The average Bonchev–Trinajstić information content (AvgIpc) is 2.85. The molecule has 2 heterocycles. The largest absolute Gasteiger partial charge is 0.359 e. The molecule has 0 radical (unpaired) electrons. The van der Waals surface area contributed by atoms with Gasteiger partial charge in [-0.15, -0.1) is 0 Å². The summed E-state index contributed by atoms with van der Waals surface area (Å²) < 4.78 is 7.73. The molecule has 92 valence electrons. The molecule has 1 aromatic carbocycles. The number of rotatable bonds is 2. The Bertz CT molecular complexity index is 771. The number of para-hydroxylation sites is 1.